The summed E-state index contributed by atoms with van der Waals surface area (Å²) in [4.78, 5) is 40.5. The van der Waals surface area contributed by atoms with Crippen LogP contribution in [0.5, 0.6) is 0 Å². The first kappa shape index (κ1) is 22.1. The molecule has 0 spiro atoms. The van der Waals surface area contributed by atoms with E-state index < -0.39 is 11.5 Å². The molecule has 1 aromatic carbocycles. The number of amides is 2. The van der Waals surface area contributed by atoms with Crippen LogP contribution in [0.3, 0.4) is 0 Å². The van der Waals surface area contributed by atoms with Gasteiger partial charge in [-0.05, 0) is 57.0 Å². The van der Waals surface area contributed by atoms with Gasteiger partial charge in [-0.2, -0.15) is 0 Å². The largest absolute Gasteiger partial charge is 0.478 e. The van der Waals surface area contributed by atoms with Crippen LogP contribution in [0.2, 0.25) is 0 Å². The summed E-state index contributed by atoms with van der Waals surface area (Å²) in [6.45, 7) is 6.55. The number of likely N-dealkylation sites (tertiary alicyclic amines) is 1. The summed E-state index contributed by atoms with van der Waals surface area (Å²) >= 11 is 0. The van der Waals surface area contributed by atoms with Crippen LogP contribution in [0.15, 0.2) is 18.2 Å². The summed E-state index contributed by atoms with van der Waals surface area (Å²) in [6, 6.07) is 5.05. The van der Waals surface area contributed by atoms with E-state index in [4.69, 9.17) is 5.73 Å². The molecule has 8 nitrogen and oxygen atoms in total. The Bertz CT molecular complexity index is 809. The third-order valence-electron chi connectivity index (χ3n) is 6.39. The Morgan fingerprint density at radius 2 is 1.70 bits per heavy atom. The zero-order valence-corrected chi connectivity index (χ0v) is 17.8. The number of primary amides is 1. The lowest BCUT2D eigenvalue weighted by Gasteiger charge is -2.48. The van der Waals surface area contributed by atoms with E-state index in [1.807, 2.05) is 6.07 Å². The first-order chi connectivity index (χ1) is 14.2. The molecule has 2 amide bonds. The van der Waals surface area contributed by atoms with E-state index in [2.05, 4.69) is 15.1 Å². The SMILES string of the molecule is CC(C)C(=O)Nc1ccc(N2CCC(C(N)=O)(N3CCCCC3)CC2)cc1C(=O)O. The van der Waals surface area contributed by atoms with Crippen LogP contribution >= 0.6 is 0 Å². The minimum atomic E-state index is -1.09. The lowest BCUT2D eigenvalue weighted by molar-refractivity contribution is -0.132. The summed E-state index contributed by atoms with van der Waals surface area (Å²) in [6.07, 6.45) is 4.61. The molecule has 8 heteroatoms. The predicted octanol–water partition coefficient (Wildman–Crippen LogP) is 2.29. The molecule has 0 radical (unpaired) electrons. The Balaban J connectivity index is 1.77. The van der Waals surface area contributed by atoms with E-state index in [9.17, 15) is 19.5 Å². The fraction of sp³-hybridized carbons (Fsp3) is 0.591. The zero-order valence-electron chi connectivity index (χ0n) is 17.8. The highest BCUT2D eigenvalue weighted by molar-refractivity contribution is 6.01. The van der Waals surface area contributed by atoms with E-state index >= 15 is 0 Å². The fourth-order valence-corrected chi connectivity index (χ4v) is 4.47. The van der Waals surface area contributed by atoms with Gasteiger partial charge in [0.25, 0.3) is 0 Å². The minimum absolute atomic E-state index is 0.0595. The number of aromatic carboxylic acids is 1. The van der Waals surface area contributed by atoms with E-state index in [0.717, 1.165) is 31.6 Å². The van der Waals surface area contributed by atoms with Gasteiger partial charge in [0.05, 0.1) is 11.3 Å². The molecule has 30 heavy (non-hydrogen) atoms. The molecule has 0 bridgehead atoms. The van der Waals surface area contributed by atoms with Gasteiger partial charge in [-0.1, -0.05) is 20.3 Å². The summed E-state index contributed by atoms with van der Waals surface area (Å²) in [5.41, 5.74) is 6.36. The van der Waals surface area contributed by atoms with Gasteiger partial charge >= 0.3 is 5.97 Å². The maximum absolute atomic E-state index is 12.4. The Hall–Kier alpha value is -2.61. The number of carboxylic acids is 1. The van der Waals surface area contributed by atoms with Crippen molar-refractivity contribution in [2.45, 2.75) is 51.5 Å². The van der Waals surface area contributed by atoms with Gasteiger partial charge in [0, 0.05) is 24.7 Å². The van der Waals surface area contributed by atoms with E-state index in [1.165, 1.54) is 6.42 Å². The molecule has 2 fully saturated rings. The third kappa shape index (κ3) is 4.43. The molecule has 0 unspecified atom stereocenters. The topological polar surface area (TPSA) is 116 Å². The van der Waals surface area contributed by atoms with Crippen molar-refractivity contribution < 1.29 is 19.5 Å². The normalized spacial score (nSPS) is 19.5. The van der Waals surface area contributed by atoms with E-state index in [-0.39, 0.29) is 23.3 Å². The van der Waals surface area contributed by atoms with Gasteiger partial charge in [0.1, 0.15) is 5.54 Å². The number of nitrogens with two attached hydrogens (primary N) is 1. The smallest absolute Gasteiger partial charge is 0.337 e. The minimum Gasteiger partial charge on any atom is -0.478 e. The predicted molar refractivity (Wildman–Crippen MR) is 116 cm³/mol. The molecule has 2 saturated heterocycles. The highest BCUT2D eigenvalue weighted by Crippen LogP contribution is 2.34. The molecular weight excluding hydrogens is 384 g/mol. The quantitative estimate of drug-likeness (QED) is 0.655. The summed E-state index contributed by atoms with van der Waals surface area (Å²) in [5, 5.41) is 12.3. The molecule has 2 aliphatic heterocycles. The molecule has 2 heterocycles. The Morgan fingerprint density at radius 3 is 2.23 bits per heavy atom. The maximum atomic E-state index is 12.4. The lowest BCUT2D eigenvalue weighted by Crippen LogP contribution is -2.63. The van der Waals surface area contributed by atoms with Crippen LogP contribution in [0, 0.1) is 5.92 Å². The standard InChI is InChI=1S/C22H32N4O4/c1-15(2)19(27)24-18-7-6-16(14-17(18)20(28)29)25-12-8-22(9-13-25,21(23)30)26-10-4-3-5-11-26/h6-7,14-15H,3-5,8-13H2,1-2H3,(H2,23,30)(H,24,27)(H,28,29). The van der Waals surface area contributed by atoms with Gasteiger partial charge < -0.3 is 21.1 Å². The molecule has 0 aliphatic carbocycles. The second-order valence-corrected chi connectivity index (χ2v) is 8.61. The monoisotopic (exact) mass is 416 g/mol. The Labute approximate surface area is 177 Å². The number of carbonyl (C=O) groups is 3. The van der Waals surface area contributed by atoms with Crippen molar-refractivity contribution in [1.29, 1.82) is 0 Å². The number of nitrogens with one attached hydrogen (secondary N) is 1. The fourth-order valence-electron chi connectivity index (χ4n) is 4.47. The van der Waals surface area contributed by atoms with Crippen LogP contribution in [0.4, 0.5) is 11.4 Å². The molecule has 4 N–H and O–H groups in total. The number of hydrogen-bond donors (Lipinski definition) is 3. The molecule has 1 aromatic rings. The number of nitrogens with zero attached hydrogens (tertiary/aromatic N) is 2. The molecular formula is C22H32N4O4. The zero-order chi connectivity index (χ0) is 21.9. The van der Waals surface area contributed by atoms with E-state index in [1.54, 1.807) is 26.0 Å². The van der Waals surface area contributed by atoms with Crippen molar-refractivity contribution in [2.24, 2.45) is 11.7 Å². The second-order valence-electron chi connectivity index (χ2n) is 8.61. The van der Waals surface area contributed by atoms with Gasteiger partial charge in [-0.3, -0.25) is 14.5 Å². The van der Waals surface area contributed by atoms with Crippen LogP contribution in [0.1, 0.15) is 56.3 Å². The number of piperidine rings is 2. The summed E-state index contributed by atoms with van der Waals surface area (Å²) < 4.78 is 0. The van der Waals surface area contributed by atoms with Gasteiger partial charge in [0.2, 0.25) is 11.8 Å². The van der Waals surface area contributed by atoms with Gasteiger partial charge in [0.15, 0.2) is 0 Å². The highest BCUT2D eigenvalue weighted by atomic mass is 16.4. The van der Waals surface area contributed by atoms with Crippen LogP contribution in [-0.2, 0) is 9.59 Å². The molecule has 164 valence electrons. The molecule has 0 saturated carbocycles. The van der Waals surface area contributed by atoms with Crippen molar-refractivity contribution >= 4 is 29.2 Å². The first-order valence-corrected chi connectivity index (χ1v) is 10.7. The average Bonchev–Trinajstić information content (AvgIpc) is 2.74. The Morgan fingerprint density at radius 1 is 1.07 bits per heavy atom. The molecule has 2 aliphatic rings. The third-order valence-corrected chi connectivity index (χ3v) is 6.39. The highest BCUT2D eigenvalue weighted by Gasteiger charge is 2.45. The first-order valence-electron chi connectivity index (χ1n) is 10.7. The van der Waals surface area contributed by atoms with Crippen molar-refractivity contribution in [1.82, 2.24) is 4.90 Å². The van der Waals surface area contributed by atoms with Crippen molar-refractivity contribution in [3.05, 3.63) is 23.8 Å². The van der Waals surface area contributed by atoms with Gasteiger partial charge in [-0.25, -0.2) is 4.79 Å². The van der Waals surface area contributed by atoms with Crippen LogP contribution in [0.25, 0.3) is 0 Å². The second kappa shape index (κ2) is 9.04. The summed E-state index contributed by atoms with van der Waals surface area (Å²) in [5.74, 6) is -1.82. The van der Waals surface area contributed by atoms with Gasteiger partial charge in [-0.15, -0.1) is 0 Å². The van der Waals surface area contributed by atoms with Crippen molar-refractivity contribution in [3.63, 3.8) is 0 Å². The van der Waals surface area contributed by atoms with Crippen molar-refractivity contribution in [2.75, 3.05) is 36.4 Å². The summed E-state index contributed by atoms with van der Waals surface area (Å²) in [7, 11) is 0. The number of benzene rings is 1. The Kier molecular flexibility index (Phi) is 6.65. The van der Waals surface area contributed by atoms with Crippen LogP contribution in [-0.4, -0.2) is 59.5 Å². The molecule has 3 rings (SSSR count). The number of carbonyl (C=O) groups excluding carboxylic acids is 2. The number of anilines is 2. The molecule has 0 atom stereocenters. The lowest BCUT2D eigenvalue weighted by atomic mass is 9.83. The number of rotatable bonds is 6. The maximum Gasteiger partial charge on any atom is 0.337 e. The number of hydrogen-bond acceptors (Lipinski definition) is 5. The average molecular weight is 417 g/mol. The van der Waals surface area contributed by atoms with Crippen LogP contribution < -0.4 is 16.0 Å². The van der Waals surface area contributed by atoms with Crippen molar-refractivity contribution in [3.8, 4) is 0 Å². The molecule has 0 aromatic heterocycles. The van der Waals surface area contributed by atoms with E-state index in [0.29, 0.717) is 31.6 Å². The number of carboxylic acid groups (broad SMARTS) is 1.